The third-order valence-corrected chi connectivity index (χ3v) is 7.54. The topological polar surface area (TPSA) is 38.7 Å². The molecule has 0 radical (unpaired) electrons. The molecule has 1 aliphatic heterocycles. The van der Waals surface area contributed by atoms with E-state index in [4.69, 9.17) is 9.47 Å². The quantitative estimate of drug-likeness (QED) is 0.536. The molecule has 0 unspecified atom stereocenters. The first-order valence-electron chi connectivity index (χ1n) is 10.4. The van der Waals surface area contributed by atoms with Crippen LogP contribution in [-0.4, -0.2) is 35.3 Å². The molecule has 28 heavy (non-hydrogen) atoms. The van der Waals surface area contributed by atoms with Gasteiger partial charge in [-0.3, -0.25) is 0 Å². The van der Waals surface area contributed by atoms with E-state index >= 15 is 0 Å². The molecule has 150 valence electrons. The van der Waals surface area contributed by atoms with E-state index in [1.54, 1.807) is 0 Å². The van der Waals surface area contributed by atoms with Crippen LogP contribution >= 0.6 is 11.8 Å². The summed E-state index contributed by atoms with van der Waals surface area (Å²) in [5, 5.41) is 9.49. The fourth-order valence-electron chi connectivity index (χ4n) is 4.43. The second kappa shape index (κ2) is 9.45. The first-order chi connectivity index (χ1) is 13.8. The number of benzene rings is 2. The lowest BCUT2D eigenvalue weighted by atomic mass is 10.1. The highest BCUT2D eigenvalue weighted by Crippen LogP contribution is 2.67. The van der Waals surface area contributed by atoms with Crippen molar-refractivity contribution in [3.05, 3.63) is 66.2 Å². The second-order valence-electron chi connectivity index (χ2n) is 7.89. The van der Waals surface area contributed by atoms with E-state index in [0.29, 0.717) is 18.6 Å². The molecule has 2 aromatic rings. The van der Waals surface area contributed by atoms with Crippen molar-refractivity contribution in [2.24, 2.45) is 5.92 Å². The van der Waals surface area contributed by atoms with E-state index in [9.17, 15) is 5.11 Å². The molecule has 0 aromatic heterocycles. The van der Waals surface area contributed by atoms with Gasteiger partial charge in [0.2, 0.25) is 0 Å². The maximum absolute atomic E-state index is 9.49. The highest BCUT2D eigenvalue weighted by atomic mass is 32.2. The zero-order valence-electron chi connectivity index (χ0n) is 16.3. The van der Waals surface area contributed by atoms with Crippen molar-refractivity contribution in [3.8, 4) is 0 Å². The van der Waals surface area contributed by atoms with E-state index in [-0.39, 0.29) is 17.5 Å². The number of hydrogen-bond donors (Lipinski definition) is 1. The first kappa shape index (κ1) is 20.0. The van der Waals surface area contributed by atoms with Crippen molar-refractivity contribution in [2.45, 2.75) is 60.6 Å². The molecule has 0 spiro atoms. The van der Waals surface area contributed by atoms with E-state index in [1.165, 1.54) is 16.9 Å². The molecule has 2 aromatic carbocycles. The van der Waals surface area contributed by atoms with Crippen LogP contribution in [0.3, 0.4) is 0 Å². The number of aliphatic hydroxyl groups excluding tert-OH is 1. The lowest BCUT2D eigenvalue weighted by Gasteiger charge is -2.23. The van der Waals surface area contributed by atoms with Crippen LogP contribution in [0.1, 0.15) is 37.7 Å². The summed E-state index contributed by atoms with van der Waals surface area (Å²) >= 11 is 1.96. The molecular weight excluding hydrogens is 368 g/mol. The smallest absolute Gasteiger partial charge is 0.0754 e. The molecule has 1 aliphatic carbocycles. The number of unbranched alkanes of at least 4 members (excludes halogenated alkanes) is 1. The third-order valence-electron chi connectivity index (χ3n) is 5.92. The predicted octanol–water partition coefficient (Wildman–Crippen LogP) is 5.07. The Hall–Kier alpha value is -1.33. The van der Waals surface area contributed by atoms with Crippen molar-refractivity contribution in [1.29, 1.82) is 0 Å². The molecule has 4 rings (SSSR count). The van der Waals surface area contributed by atoms with Crippen LogP contribution in [0.4, 0.5) is 0 Å². The van der Waals surface area contributed by atoms with Crippen molar-refractivity contribution < 1.29 is 14.6 Å². The van der Waals surface area contributed by atoms with Gasteiger partial charge in [0, 0.05) is 24.0 Å². The number of aliphatic hydroxyl groups is 1. The van der Waals surface area contributed by atoms with Crippen molar-refractivity contribution in [2.75, 3.05) is 13.2 Å². The molecular formula is C24H30O3S. The molecule has 0 bridgehead atoms. The van der Waals surface area contributed by atoms with Gasteiger partial charge in [0.1, 0.15) is 0 Å². The number of fused-ring (bicyclic) bond motifs is 1. The van der Waals surface area contributed by atoms with Crippen LogP contribution in [0.5, 0.6) is 0 Å². The average molecular weight is 399 g/mol. The second-order valence-corrected chi connectivity index (χ2v) is 9.33. The molecule has 4 heteroatoms. The predicted molar refractivity (Wildman–Crippen MR) is 113 cm³/mol. The van der Waals surface area contributed by atoms with Crippen LogP contribution in [0, 0.1) is 5.92 Å². The van der Waals surface area contributed by atoms with Crippen LogP contribution in [0.25, 0.3) is 0 Å². The summed E-state index contributed by atoms with van der Waals surface area (Å²) in [6.45, 7) is 1.70. The van der Waals surface area contributed by atoms with Gasteiger partial charge in [0.05, 0.1) is 23.6 Å². The summed E-state index contributed by atoms with van der Waals surface area (Å²) in [4.78, 5) is 1.31. The van der Waals surface area contributed by atoms with E-state index < -0.39 is 0 Å². The van der Waals surface area contributed by atoms with Gasteiger partial charge in [0.15, 0.2) is 0 Å². The maximum Gasteiger partial charge on any atom is 0.0754 e. The molecule has 1 saturated carbocycles. The summed E-state index contributed by atoms with van der Waals surface area (Å²) < 4.78 is 12.4. The average Bonchev–Trinajstić information content (AvgIpc) is 3.38. The SMILES string of the molecule is OCC[C@H]1O[C@H](CCCCOCc2ccccc2)[C@H]2C[C@]21Sc1ccccc1. The Morgan fingerprint density at radius 2 is 1.75 bits per heavy atom. The minimum absolute atomic E-state index is 0.173. The Kier molecular flexibility index (Phi) is 6.73. The Labute approximate surface area is 172 Å². The summed E-state index contributed by atoms with van der Waals surface area (Å²) in [7, 11) is 0. The zero-order valence-corrected chi connectivity index (χ0v) is 17.2. The molecule has 3 nitrogen and oxygen atoms in total. The normalized spacial score (nSPS) is 28.2. The summed E-state index contributed by atoms with van der Waals surface area (Å²) in [5.41, 5.74) is 1.23. The first-order valence-corrected chi connectivity index (χ1v) is 11.3. The van der Waals surface area contributed by atoms with Crippen molar-refractivity contribution >= 4 is 11.8 Å². The molecule has 1 heterocycles. The number of hydrogen-bond acceptors (Lipinski definition) is 4. The summed E-state index contributed by atoms with van der Waals surface area (Å²) in [6, 6.07) is 21.0. The molecule has 2 aliphatic rings. The Balaban J connectivity index is 1.21. The summed E-state index contributed by atoms with van der Waals surface area (Å²) in [6.07, 6.45) is 5.77. The van der Waals surface area contributed by atoms with Gasteiger partial charge < -0.3 is 14.6 Å². The third kappa shape index (κ3) is 4.62. The molecule has 2 fully saturated rings. The number of thioether (sulfide) groups is 1. The van der Waals surface area contributed by atoms with Gasteiger partial charge in [-0.1, -0.05) is 48.5 Å². The molecule has 4 atom stereocenters. The number of ether oxygens (including phenoxy) is 2. The summed E-state index contributed by atoms with van der Waals surface area (Å²) in [5.74, 6) is 0.625. The Morgan fingerprint density at radius 3 is 2.50 bits per heavy atom. The van der Waals surface area contributed by atoms with Gasteiger partial charge in [-0.15, -0.1) is 11.8 Å². The monoisotopic (exact) mass is 398 g/mol. The lowest BCUT2D eigenvalue weighted by Crippen LogP contribution is -2.26. The molecule has 1 N–H and O–H groups in total. The van der Waals surface area contributed by atoms with Crippen molar-refractivity contribution in [3.63, 3.8) is 0 Å². The Bertz CT molecular complexity index is 723. The molecule has 0 amide bonds. The van der Waals surface area contributed by atoms with Crippen molar-refractivity contribution in [1.82, 2.24) is 0 Å². The number of rotatable bonds is 11. The van der Waals surface area contributed by atoms with Gasteiger partial charge in [-0.25, -0.2) is 0 Å². The van der Waals surface area contributed by atoms with Crippen LogP contribution in [0.15, 0.2) is 65.6 Å². The highest BCUT2D eigenvalue weighted by molar-refractivity contribution is 8.01. The van der Waals surface area contributed by atoms with Crippen LogP contribution in [-0.2, 0) is 16.1 Å². The highest BCUT2D eigenvalue weighted by Gasteiger charge is 2.68. The minimum atomic E-state index is 0.173. The van der Waals surface area contributed by atoms with Crippen LogP contribution < -0.4 is 0 Å². The van der Waals surface area contributed by atoms with Gasteiger partial charge in [0.25, 0.3) is 0 Å². The van der Waals surface area contributed by atoms with E-state index in [0.717, 1.165) is 32.3 Å². The van der Waals surface area contributed by atoms with Crippen LogP contribution in [0.2, 0.25) is 0 Å². The molecule has 1 saturated heterocycles. The fourth-order valence-corrected chi connectivity index (χ4v) is 6.03. The maximum atomic E-state index is 9.49. The van der Waals surface area contributed by atoms with E-state index in [1.807, 2.05) is 30.0 Å². The van der Waals surface area contributed by atoms with Gasteiger partial charge in [-0.2, -0.15) is 0 Å². The minimum Gasteiger partial charge on any atom is -0.396 e. The standard InChI is InChI=1S/C24H30O3S/c25-15-14-23-24(28-20-11-5-2-6-12-20)17-21(24)22(27-23)13-7-8-16-26-18-19-9-3-1-4-10-19/h1-6,9-12,21-23,25H,7-8,13-18H2/t21-,22-,23-,24+/m1/s1. The fraction of sp³-hybridized carbons (Fsp3) is 0.500. The van der Waals surface area contributed by atoms with E-state index in [2.05, 4.69) is 42.5 Å². The zero-order chi connectivity index (χ0) is 19.2. The lowest BCUT2D eigenvalue weighted by molar-refractivity contribution is -0.000298. The largest absolute Gasteiger partial charge is 0.396 e. The Morgan fingerprint density at radius 1 is 1.00 bits per heavy atom. The van der Waals surface area contributed by atoms with Gasteiger partial charge in [-0.05, 0) is 49.8 Å². The van der Waals surface area contributed by atoms with Gasteiger partial charge >= 0.3 is 0 Å².